The second-order valence-corrected chi connectivity index (χ2v) is 4.89. The van der Waals surface area contributed by atoms with Crippen LogP contribution in [0.4, 0.5) is 11.4 Å². The number of benzene rings is 1. The number of nitro benzene ring substituents is 1. The van der Waals surface area contributed by atoms with Gasteiger partial charge in [-0.15, -0.1) is 0 Å². The summed E-state index contributed by atoms with van der Waals surface area (Å²) in [6.45, 7) is 1.97. The van der Waals surface area contributed by atoms with E-state index < -0.39 is 4.92 Å². The molecule has 0 bridgehead atoms. The lowest BCUT2D eigenvalue weighted by Gasteiger charge is -2.16. The lowest BCUT2D eigenvalue weighted by atomic mass is 10.2. The van der Waals surface area contributed by atoms with Crippen LogP contribution in [0, 0.1) is 10.1 Å². The first-order valence-electron chi connectivity index (χ1n) is 5.69. The minimum Gasteiger partial charge on any atom is -0.493 e. The normalized spacial score (nSPS) is 11.8. The molecule has 0 aliphatic heterocycles. The summed E-state index contributed by atoms with van der Waals surface area (Å²) in [5.41, 5.74) is 0.412. The molecule has 0 saturated heterocycles. The van der Waals surface area contributed by atoms with Crippen LogP contribution in [0.3, 0.4) is 0 Å². The van der Waals surface area contributed by atoms with E-state index in [9.17, 15) is 10.1 Å². The Labute approximate surface area is 116 Å². The van der Waals surface area contributed by atoms with Crippen molar-refractivity contribution in [3.8, 4) is 11.5 Å². The SMILES string of the molecule is COc1cc(NC(C)CSC)c([N+](=O)[O-])cc1OC. The van der Waals surface area contributed by atoms with Gasteiger partial charge in [0.25, 0.3) is 5.69 Å². The van der Waals surface area contributed by atoms with Gasteiger partial charge in [0.2, 0.25) is 0 Å². The van der Waals surface area contributed by atoms with Gasteiger partial charge in [-0.05, 0) is 13.2 Å². The third-order valence-corrected chi connectivity index (χ3v) is 3.35. The first-order chi connectivity index (χ1) is 9.03. The molecule has 0 radical (unpaired) electrons. The maximum absolute atomic E-state index is 11.1. The summed E-state index contributed by atoms with van der Waals surface area (Å²) in [6.07, 6.45) is 1.99. The molecule has 1 atom stereocenters. The zero-order valence-electron chi connectivity index (χ0n) is 11.4. The number of anilines is 1. The number of nitro groups is 1. The third-order valence-electron chi connectivity index (χ3n) is 2.52. The van der Waals surface area contributed by atoms with Crippen LogP contribution in [0.2, 0.25) is 0 Å². The second-order valence-electron chi connectivity index (χ2n) is 3.98. The molecule has 19 heavy (non-hydrogen) atoms. The summed E-state index contributed by atoms with van der Waals surface area (Å²) < 4.78 is 10.2. The van der Waals surface area contributed by atoms with Crippen LogP contribution in [0.15, 0.2) is 12.1 Å². The molecule has 0 heterocycles. The van der Waals surface area contributed by atoms with E-state index >= 15 is 0 Å². The summed E-state index contributed by atoms with van der Waals surface area (Å²) in [6, 6.07) is 3.08. The number of nitrogens with zero attached hydrogens (tertiary/aromatic N) is 1. The van der Waals surface area contributed by atoms with Crippen LogP contribution in [0.5, 0.6) is 11.5 Å². The minimum absolute atomic E-state index is 0.0226. The number of rotatable bonds is 7. The van der Waals surface area contributed by atoms with Gasteiger partial charge in [-0.2, -0.15) is 11.8 Å². The maximum Gasteiger partial charge on any atom is 0.296 e. The molecule has 1 N–H and O–H groups in total. The number of hydrogen-bond donors (Lipinski definition) is 1. The Bertz CT molecular complexity index is 454. The van der Waals surface area contributed by atoms with E-state index in [1.54, 1.807) is 17.8 Å². The second kappa shape index (κ2) is 7.08. The Kier molecular flexibility index (Phi) is 5.75. The molecule has 7 heteroatoms. The Hall–Kier alpha value is -1.63. The van der Waals surface area contributed by atoms with Crippen LogP contribution in [-0.2, 0) is 0 Å². The van der Waals surface area contributed by atoms with Gasteiger partial charge >= 0.3 is 0 Å². The molecule has 1 aromatic rings. The summed E-state index contributed by atoms with van der Waals surface area (Å²) in [5.74, 6) is 1.66. The van der Waals surface area contributed by atoms with Crippen molar-refractivity contribution in [2.45, 2.75) is 13.0 Å². The van der Waals surface area contributed by atoms with E-state index in [1.165, 1.54) is 20.3 Å². The van der Waals surface area contributed by atoms with Gasteiger partial charge in [0.05, 0.1) is 25.2 Å². The zero-order chi connectivity index (χ0) is 14.4. The van der Waals surface area contributed by atoms with Gasteiger partial charge in [-0.25, -0.2) is 0 Å². The number of methoxy groups -OCH3 is 2. The molecule has 1 aromatic carbocycles. The average Bonchev–Trinajstić information content (AvgIpc) is 2.38. The molecule has 0 aromatic heterocycles. The highest BCUT2D eigenvalue weighted by atomic mass is 32.2. The smallest absolute Gasteiger partial charge is 0.296 e. The highest BCUT2D eigenvalue weighted by molar-refractivity contribution is 7.98. The van der Waals surface area contributed by atoms with Crippen molar-refractivity contribution in [2.75, 3.05) is 31.5 Å². The first kappa shape index (κ1) is 15.4. The van der Waals surface area contributed by atoms with E-state index in [2.05, 4.69) is 5.32 Å². The van der Waals surface area contributed by atoms with Crippen molar-refractivity contribution in [3.05, 3.63) is 22.2 Å². The highest BCUT2D eigenvalue weighted by Gasteiger charge is 2.20. The fourth-order valence-electron chi connectivity index (χ4n) is 1.69. The van der Waals surface area contributed by atoms with E-state index in [-0.39, 0.29) is 11.7 Å². The minimum atomic E-state index is -0.434. The number of nitrogens with one attached hydrogen (secondary N) is 1. The first-order valence-corrected chi connectivity index (χ1v) is 7.08. The van der Waals surface area contributed by atoms with Crippen molar-refractivity contribution in [1.29, 1.82) is 0 Å². The van der Waals surface area contributed by atoms with Crippen LogP contribution in [-0.4, -0.2) is 37.2 Å². The molecular formula is C12H18N2O4S. The number of ether oxygens (including phenoxy) is 2. The zero-order valence-corrected chi connectivity index (χ0v) is 12.2. The topological polar surface area (TPSA) is 73.6 Å². The molecule has 0 fully saturated rings. The van der Waals surface area contributed by atoms with Crippen molar-refractivity contribution in [3.63, 3.8) is 0 Å². The molecule has 0 aliphatic carbocycles. The van der Waals surface area contributed by atoms with Gasteiger partial charge < -0.3 is 14.8 Å². The quantitative estimate of drug-likeness (QED) is 0.613. The summed E-state index contributed by atoms with van der Waals surface area (Å²) >= 11 is 1.67. The van der Waals surface area contributed by atoms with E-state index in [4.69, 9.17) is 9.47 Å². The molecule has 0 spiro atoms. The van der Waals surface area contributed by atoms with Crippen molar-refractivity contribution in [2.24, 2.45) is 0 Å². The van der Waals surface area contributed by atoms with Crippen LogP contribution in [0.1, 0.15) is 6.92 Å². The van der Waals surface area contributed by atoms with Gasteiger partial charge in [0, 0.05) is 17.9 Å². The lowest BCUT2D eigenvalue weighted by molar-refractivity contribution is -0.384. The van der Waals surface area contributed by atoms with Gasteiger partial charge in [0.1, 0.15) is 5.69 Å². The fraction of sp³-hybridized carbons (Fsp3) is 0.500. The monoisotopic (exact) mass is 286 g/mol. The number of hydrogen-bond acceptors (Lipinski definition) is 6. The maximum atomic E-state index is 11.1. The lowest BCUT2D eigenvalue weighted by Crippen LogP contribution is -2.18. The van der Waals surface area contributed by atoms with Crippen LogP contribution >= 0.6 is 11.8 Å². The summed E-state index contributed by atoms with van der Waals surface area (Å²) in [7, 11) is 2.95. The van der Waals surface area contributed by atoms with Gasteiger partial charge in [0.15, 0.2) is 11.5 Å². The Morgan fingerprint density at radius 3 is 2.42 bits per heavy atom. The molecule has 6 nitrogen and oxygen atoms in total. The van der Waals surface area contributed by atoms with E-state index in [0.29, 0.717) is 17.2 Å². The van der Waals surface area contributed by atoms with E-state index in [1.807, 2.05) is 13.2 Å². The molecule has 0 saturated carbocycles. The van der Waals surface area contributed by atoms with Crippen molar-refractivity contribution in [1.82, 2.24) is 0 Å². The van der Waals surface area contributed by atoms with Gasteiger partial charge in [-0.1, -0.05) is 0 Å². The third kappa shape index (κ3) is 3.92. The fourth-order valence-corrected chi connectivity index (χ4v) is 2.28. The summed E-state index contributed by atoms with van der Waals surface area (Å²) in [5, 5.41) is 14.2. The van der Waals surface area contributed by atoms with Crippen molar-refractivity contribution < 1.29 is 14.4 Å². The van der Waals surface area contributed by atoms with Crippen molar-refractivity contribution >= 4 is 23.1 Å². The van der Waals surface area contributed by atoms with Gasteiger partial charge in [-0.3, -0.25) is 10.1 Å². The molecule has 0 amide bonds. The Morgan fingerprint density at radius 1 is 1.37 bits per heavy atom. The van der Waals surface area contributed by atoms with Crippen LogP contribution < -0.4 is 14.8 Å². The average molecular weight is 286 g/mol. The molecule has 1 unspecified atom stereocenters. The largest absolute Gasteiger partial charge is 0.493 e. The standard InChI is InChI=1S/C12H18N2O4S/c1-8(7-19-4)13-9-5-11(17-2)12(18-3)6-10(9)14(15)16/h5-6,8,13H,7H2,1-4H3. The Balaban J connectivity index is 3.16. The predicted octanol–water partition coefficient (Wildman–Crippen LogP) is 2.78. The predicted molar refractivity (Wildman–Crippen MR) is 77.7 cm³/mol. The van der Waals surface area contributed by atoms with Crippen LogP contribution in [0.25, 0.3) is 0 Å². The molecular weight excluding hydrogens is 268 g/mol. The Morgan fingerprint density at radius 2 is 1.95 bits per heavy atom. The highest BCUT2D eigenvalue weighted by Crippen LogP contribution is 2.37. The van der Waals surface area contributed by atoms with E-state index in [0.717, 1.165) is 5.75 Å². The molecule has 106 valence electrons. The summed E-state index contributed by atoms with van der Waals surface area (Å²) in [4.78, 5) is 10.7. The molecule has 0 aliphatic rings. The molecule has 1 rings (SSSR count). The number of thioether (sulfide) groups is 1.